The Labute approximate surface area is 117 Å². The molecular formula is C15H19NO2S. The number of hydrogen-bond donors (Lipinski definition) is 1. The van der Waals surface area contributed by atoms with E-state index in [-0.39, 0.29) is 6.61 Å². The van der Waals surface area contributed by atoms with Crippen LogP contribution in [0.4, 0.5) is 0 Å². The van der Waals surface area contributed by atoms with E-state index >= 15 is 0 Å². The average molecular weight is 277 g/mol. The van der Waals surface area contributed by atoms with Gasteiger partial charge in [-0.2, -0.15) is 0 Å². The number of benzene rings is 1. The Morgan fingerprint density at radius 2 is 2.16 bits per heavy atom. The fraction of sp³-hybridized carbons (Fsp3) is 0.400. The van der Waals surface area contributed by atoms with Gasteiger partial charge in [-0.3, -0.25) is 0 Å². The Kier molecular flexibility index (Phi) is 4.93. The molecule has 0 amide bonds. The van der Waals surface area contributed by atoms with Crippen LogP contribution in [-0.4, -0.2) is 16.7 Å². The highest BCUT2D eigenvalue weighted by atomic mass is 32.1. The van der Waals surface area contributed by atoms with Crippen LogP contribution in [0, 0.1) is 13.8 Å². The van der Waals surface area contributed by atoms with Gasteiger partial charge in [0.25, 0.3) is 0 Å². The molecule has 0 spiro atoms. The Morgan fingerprint density at radius 1 is 1.32 bits per heavy atom. The molecule has 0 saturated carbocycles. The highest BCUT2D eigenvalue weighted by molar-refractivity contribution is 7.09. The van der Waals surface area contributed by atoms with E-state index in [0.29, 0.717) is 6.61 Å². The molecule has 0 fully saturated rings. The predicted octanol–water partition coefficient (Wildman–Crippen LogP) is 3.26. The molecule has 4 heteroatoms. The fourth-order valence-electron chi connectivity index (χ4n) is 1.82. The van der Waals surface area contributed by atoms with Crippen molar-refractivity contribution in [3.8, 4) is 5.75 Å². The van der Waals surface area contributed by atoms with Gasteiger partial charge in [0, 0.05) is 11.8 Å². The Balaban J connectivity index is 1.79. The van der Waals surface area contributed by atoms with Gasteiger partial charge in [-0.05, 0) is 37.5 Å². The lowest BCUT2D eigenvalue weighted by molar-refractivity contribution is 0.277. The summed E-state index contributed by atoms with van der Waals surface area (Å²) in [6.45, 7) is 4.89. The van der Waals surface area contributed by atoms with E-state index in [4.69, 9.17) is 9.84 Å². The number of aliphatic hydroxyl groups excluding tert-OH is 1. The third kappa shape index (κ3) is 3.78. The quantitative estimate of drug-likeness (QED) is 0.824. The van der Waals surface area contributed by atoms with Gasteiger partial charge in [-0.15, -0.1) is 11.3 Å². The molecule has 102 valence electrons. The lowest BCUT2D eigenvalue weighted by Crippen LogP contribution is -2.01. The van der Waals surface area contributed by atoms with Crippen LogP contribution in [-0.2, 0) is 13.0 Å². The number of aromatic nitrogens is 1. The largest absolute Gasteiger partial charge is 0.493 e. The maximum Gasteiger partial charge on any atom is 0.122 e. The molecule has 19 heavy (non-hydrogen) atoms. The normalized spacial score (nSPS) is 10.7. The third-order valence-corrected chi connectivity index (χ3v) is 4.07. The van der Waals surface area contributed by atoms with E-state index in [9.17, 15) is 0 Å². The molecule has 0 atom stereocenters. The molecule has 0 aliphatic heterocycles. The summed E-state index contributed by atoms with van der Waals surface area (Å²) in [4.78, 5) is 4.32. The van der Waals surface area contributed by atoms with Crippen molar-refractivity contribution in [3.05, 3.63) is 45.4 Å². The Morgan fingerprint density at radius 3 is 2.89 bits per heavy atom. The molecule has 1 aromatic carbocycles. The number of ether oxygens (including phenoxy) is 1. The van der Waals surface area contributed by atoms with Crippen LogP contribution < -0.4 is 4.74 Å². The maximum atomic E-state index is 8.95. The van der Waals surface area contributed by atoms with Crippen LogP contribution in [0.3, 0.4) is 0 Å². The molecule has 1 N–H and O–H groups in total. The van der Waals surface area contributed by atoms with Crippen molar-refractivity contribution in [1.82, 2.24) is 4.98 Å². The Hall–Kier alpha value is -1.39. The lowest BCUT2D eigenvalue weighted by atomic mass is 10.1. The monoisotopic (exact) mass is 277 g/mol. The zero-order valence-electron chi connectivity index (χ0n) is 11.3. The number of nitrogens with zero attached hydrogens (tertiary/aromatic N) is 1. The van der Waals surface area contributed by atoms with E-state index in [1.54, 1.807) is 11.3 Å². The van der Waals surface area contributed by atoms with Gasteiger partial charge in [-0.25, -0.2) is 4.98 Å². The van der Waals surface area contributed by atoms with E-state index in [2.05, 4.69) is 24.9 Å². The molecule has 0 aliphatic rings. The molecule has 2 rings (SSSR count). The average Bonchev–Trinajstić information content (AvgIpc) is 2.87. The minimum atomic E-state index is 0.0233. The SMILES string of the molecule is Cc1cccc(OCCCc2nc(CO)cs2)c1C. The van der Waals surface area contributed by atoms with E-state index in [1.807, 2.05) is 17.5 Å². The Bertz CT molecular complexity index is 537. The van der Waals surface area contributed by atoms with Gasteiger partial charge < -0.3 is 9.84 Å². The van der Waals surface area contributed by atoms with Crippen molar-refractivity contribution in [2.24, 2.45) is 0 Å². The van der Waals surface area contributed by atoms with Crippen molar-refractivity contribution >= 4 is 11.3 Å². The van der Waals surface area contributed by atoms with Crippen LogP contribution in [0.25, 0.3) is 0 Å². The number of aliphatic hydroxyl groups is 1. The number of rotatable bonds is 6. The first-order valence-corrected chi connectivity index (χ1v) is 7.32. The van der Waals surface area contributed by atoms with Crippen LogP contribution in [0.1, 0.15) is 28.2 Å². The highest BCUT2D eigenvalue weighted by Crippen LogP contribution is 2.21. The number of thiazole rings is 1. The standard InChI is InChI=1S/C15H19NO2S/c1-11-5-3-6-14(12(11)2)18-8-4-7-15-16-13(9-17)10-19-15/h3,5-6,10,17H,4,7-9H2,1-2H3. The maximum absolute atomic E-state index is 8.95. The second-order valence-electron chi connectivity index (χ2n) is 4.54. The van der Waals surface area contributed by atoms with Crippen molar-refractivity contribution < 1.29 is 9.84 Å². The number of aryl methyl sites for hydroxylation is 2. The van der Waals surface area contributed by atoms with Crippen LogP contribution in [0.5, 0.6) is 5.75 Å². The van der Waals surface area contributed by atoms with Gasteiger partial charge in [0.15, 0.2) is 0 Å². The summed E-state index contributed by atoms with van der Waals surface area (Å²) < 4.78 is 5.80. The molecule has 2 aromatic rings. The summed E-state index contributed by atoms with van der Waals surface area (Å²) in [6, 6.07) is 6.12. The summed E-state index contributed by atoms with van der Waals surface area (Å²) in [5.74, 6) is 0.968. The first-order chi connectivity index (χ1) is 9.20. The summed E-state index contributed by atoms with van der Waals surface area (Å²) in [5, 5.41) is 11.9. The minimum Gasteiger partial charge on any atom is -0.493 e. The molecule has 0 aliphatic carbocycles. The topological polar surface area (TPSA) is 42.4 Å². The summed E-state index contributed by atoms with van der Waals surface area (Å²) in [7, 11) is 0. The summed E-state index contributed by atoms with van der Waals surface area (Å²) in [5.41, 5.74) is 3.22. The van der Waals surface area contributed by atoms with Gasteiger partial charge in [0.05, 0.1) is 23.9 Å². The van der Waals surface area contributed by atoms with E-state index in [0.717, 1.165) is 29.3 Å². The molecule has 0 bridgehead atoms. The zero-order valence-corrected chi connectivity index (χ0v) is 12.2. The van der Waals surface area contributed by atoms with E-state index in [1.165, 1.54) is 11.1 Å². The third-order valence-electron chi connectivity index (χ3n) is 3.11. The summed E-state index contributed by atoms with van der Waals surface area (Å²) in [6.07, 6.45) is 1.83. The predicted molar refractivity (Wildman–Crippen MR) is 77.8 cm³/mol. The van der Waals surface area contributed by atoms with Crippen LogP contribution in [0.15, 0.2) is 23.6 Å². The van der Waals surface area contributed by atoms with Crippen LogP contribution in [0.2, 0.25) is 0 Å². The molecular weight excluding hydrogens is 258 g/mol. The zero-order chi connectivity index (χ0) is 13.7. The van der Waals surface area contributed by atoms with Crippen molar-refractivity contribution in [1.29, 1.82) is 0 Å². The van der Waals surface area contributed by atoms with Crippen LogP contribution >= 0.6 is 11.3 Å². The summed E-state index contributed by atoms with van der Waals surface area (Å²) >= 11 is 1.60. The second kappa shape index (κ2) is 6.68. The fourth-order valence-corrected chi connectivity index (χ4v) is 2.65. The lowest BCUT2D eigenvalue weighted by Gasteiger charge is -2.10. The van der Waals surface area contributed by atoms with Gasteiger partial charge in [-0.1, -0.05) is 12.1 Å². The molecule has 3 nitrogen and oxygen atoms in total. The minimum absolute atomic E-state index is 0.0233. The second-order valence-corrected chi connectivity index (χ2v) is 5.48. The van der Waals surface area contributed by atoms with Gasteiger partial charge in [0.1, 0.15) is 5.75 Å². The van der Waals surface area contributed by atoms with Gasteiger partial charge in [0.2, 0.25) is 0 Å². The van der Waals surface area contributed by atoms with Crippen molar-refractivity contribution in [2.75, 3.05) is 6.61 Å². The number of hydrogen-bond acceptors (Lipinski definition) is 4. The first kappa shape index (κ1) is 14.0. The van der Waals surface area contributed by atoms with Gasteiger partial charge >= 0.3 is 0 Å². The smallest absolute Gasteiger partial charge is 0.122 e. The molecule has 0 radical (unpaired) electrons. The molecule has 1 heterocycles. The van der Waals surface area contributed by atoms with E-state index < -0.39 is 0 Å². The molecule has 1 aromatic heterocycles. The molecule has 0 unspecified atom stereocenters. The molecule has 0 saturated heterocycles. The van der Waals surface area contributed by atoms with Crippen molar-refractivity contribution in [3.63, 3.8) is 0 Å². The first-order valence-electron chi connectivity index (χ1n) is 6.44. The highest BCUT2D eigenvalue weighted by Gasteiger charge is 2.03. The van der Waals surface area contributed by atoms with Crippen molar-refractivity contribution in [2.45, 2.75) is 33.3 Å².